The molecule has 0 atom stereocenters. The molecule has 0 unspecified atom stereocenters. The van der Waals surface area contributed by atoms with E-state index in [-0.39, 0.29) is 0 Å². The minimum atomic E-state index is 0.852. The average Bonchev–Trinajstić information content (AvgIpc) is 3.79. The van der Waals surface area contributed by atoms with E-state index >= 15 is 0 Å². The van der Waals surface area contributed by atoms with Crippen molar-refractivity contribution in [1.29, 1.82) is 0 Å². The SMILES string of the molecule is Cc1ccc(N(c2ccc3cc4c(cc3c2)oc2ccc3oc5cc6cc(N(c7ccc(C)cc7)c7c(C)cccc7C)ccc6cc5c3c24)c2c(C)cccc2C)cc1. The van der Waals surface area contributed by atoms with Crippen LogP contribution in [0.15, 0.2) is 167 Å². The van der Waals surface area contributed by atoms with Crippen molar-refractivity contribution in [1.82, 2.24) is 0 Å². The maximum absolute atomic E-state index is 6.69. The van der Waals surface area contributed by atoms with Crippen molar-refractivity contribution >= 4 is 99.5 Å². The van der Waals surface area contributed by atoms with Crippen LogP contribution in [0.3, 0.4) is 0 Å². The van der Waals surface area contributed by atoms with Crippen LogP contribution in [0.4, 0.5) is 34.1 Å². The molecule has 0 aliphatic carbocycles. The zero-order valence-corrected chi connectivity index (χ0v) is 34.7. The van der Waals surface area contributed by atoms with Crippen molar-refractivity contribution in [3.63, 3.8) is 0 Å². The summed E-state index contributed by atoms with van der Waals surface area (Å²) in [6.45, 7) is 13.0. The Labute approximate surface area is 349 Å². The molecule has 290 valence electrons. The minimum Gasteiger partial charge on any atom is -0.456 e. The number of hydrogen-bond donors (Lipinski definition) is 0. The molecule has 60 heavy (non-hydrogen) atoms. The van der Waals surface area contributed by atoms with Gasteiger partial charge in [0.25, 0.3) is 0 Å². The molecule has 11 aromatic rings. The second-order valence-electron chi connectivity index (χ2n) is 16.6. The molecule has 0 aliphatic rings. The van der Waals surface area contributed by atoms with Gasteiger partial charge in [-0.15, -0.1) is 0 Å². The molecule has 0 saturated carbocycles. The van der Waals surface area contributed by atoms with Crippen LogP contribution in [0, 0.1) is 41.5 Å². The molecule has 0 fully saturated rings. The summed E-state index contributed by atoms with van der Waals surface area (Å²) in [7, 11) is 0. The van der Waals surface area contributed by atoms with Crippen molar-refractivity contribution in [3.05, 3.63) is 191 Å². The van der Waals surface area contributed by atoms with Crippen LogP contribution in [0.5, 0.6) is 0 Å². The smallest absolute Gasteiger partial charge is 0.136 e. The first-order valence-corrected chi connectivity index (χ1v) is 20.7. The maximum Gasteiger partial charge on any atom is 0.136 e. The summed E-state index contributed by atoms with van der Waals surface area (Å²) in [6, 6.07) is 57.2. The number of nitrogens with zero attached hydrogens (tertiary/aromatic N) is 2. The number of furan rings is 2. The van der Waals surface area contributed by atoms with Crippen molar-refractivity contribution in [2.24, 2.45) is 0 Å². The molecule has 4 nitrogen and oxygen atoms in total. The average molecular weight is 777 g/mol. The van der Waals surface area contributed by atoms with Crippen LogP contribution in [0.1, 0.15) is 33.4 Å². The summed E-state index contributed by atoms with van der Waals surface area (Å²) in [5.41, 5.74) is 17.7. The number of para-hydroxylation sites is 2. The van der Waals surface area contributed by atoms with E-state index in [9.17, 15) is 0 Å². The first-order chi connectivity index (χ1) is 29.2. The van der Waals surface area contributed by atoms with E-state index in [4.69, 9.17) is 8.83 Å². The predicted octanol–water partition coefficient (Wildman–Crippen LogP) is 16.6. The fourth-order valence-corrected chi connectivity index (χ4v) is 9.39. The molecule has 2 aromatic heterocycles. The number of fused-ring (bicyclic) bond motifs is 9. The molecule has 0 N–H and O–H groups in total. The highest BCUT2D eigenvalue weighted by Crippen LogP contribution is 2.45. The molecule has 0 amide bonds. The van der Waals surface area contributed by atoms with Crippen LogP contribution in [-0.2, 0) is 0 Å². The van der Waals surface area contributed by atoms with Crippen molar-refractivity contribution in [2.45, 2.75) is 41.5 Å². The van der Waals surface area contributed by atoms with Gasteiger partial charge in [-0.2, -0.15) is 0 Å². The number of aryl methyl sites for hydroxylation is 6. The molecular weight excluding hydrogens is 733 g/mol. The van der Waals surface area contributed by atoms with Gasteiger partial charge in [0, 0.05) is 44.3 Å². The van der Waals surface area contributed by atoms with Gasteiger partial charge < -0.3 is 18.6 Å². The van der Waals surface area contributed by atoms with Gasteiger partial charge >= 0.3 is 0 Å². The predicted molar refractivity (Wildman–Crippen MR) is 254 cm³/mol. The summed E-state index contributed by atoms with van der Waals surface area (Å²) >= 11 is 0. The van der Waals surface area contributed by atoms with Gasteiger partial charge in [0.15, 0.2) is 0 Å². The topological polar surface area (TPSA) is 32.8 Å². The van der Waals surface area contributed by atoms with E-state index < -0.39 is 0 Å². The molecule has 0 aliphatic heterocycles. The molecule has 9 aromatic carbocycles. The van der Waals surface area contributed by atoms with Gasteiger partial charge in [0.1, 0.15) is 22.3 Å². The standard InChI is InChI=1S/C56H44N2O2/c1-33-13-19-43(20-14-33)57(55-35(3)9-7-10-36(55)4)45-23-17-39-29-47-51(31-41(39)27-45)59-49-25-26-50-54(53(47)49)48-30-40-18-24-46(28-42(40)32-52(48)60-50)58(44-21-15-34(2)16-22-44)56-37(5)11-8-12-38(56)6/h7-32H,1-6H3. The fourth-order valence-electron chi connectivity index (χ4n) is 9.39. The van der Waals surface area contributed by atoms with E-state index in [1.807, 2.05) is 0 Å². The van der Waals surface area contributed by atoms with E-state index in [1.54, 1.807) is 0 Å². The Morgan fingerprint density at radius 2 is 0.683 bits per heavy atom. The second-order valence-corrected chi connectivity index (χ2v) is 16.6. The second kappa shape index (κ2) is 13.6. The van der Waals surface area contributed by atoms with Crippen LogP contribution in [0.25, 0.3) is 65.4 Å². The highest BCUT2D eigenvalue weighted by molar-refractivity contribution is 6.28. The summed E-state index contributed by atoms with van der Waals surface area (Å²) in [5, 5.41) is 8.90. The van der Waals surface area contributed by atoms with Gasteiger partial charge in [0.05, 0.1) is 11.4 Å². The lowest BCUT2D eigenvalue weighted by atomic mass is 10.00. The number of benzene rings is 9. The summed E-state index contributed by atoms with van der Waals surface area (Å²) in [5.74, 6) is 0. The number of rotatable bonds is 6. The van der Waals surface area contributed by atoms with E-state index in [0.717, 1.165) is 88.2 Å². The third kappa shape index (κ3) is 5.74. The van der Waals surface area contributed by atoms with E-state index in [1.165, 1.54) is 44.8 Å². The molecule has 4 heteroatoms. The third-order valence-corrected chi connectivity index (χ3v) is 12.4. The number of anilines is 6. The first-order valence-electron chi connectivity index (χ1n) is 20.7. The Bertz CT molecular complexity index is 3220. The van der Waals surface area contributed by atoms with Crippen LogP contribution in [0.2, 0.25) is 0 Å². The quantitative estimate of drug-likeness (QED) is 0.168. The Morgan fingerprint density at radius 1 is 0.317 bits per heavy atom. The Morgan fingerprint density at radius 3 is 1.07 bits per heavy atom. The van der Waals surface area contributed by atoms with Crippen molar-refractivity contribution in [3.8, 4) is 0 Å². The Kier molecular flexibility index (Phi) is 8.15. The Balaban J connectivity index is 1.05. The molecule has 0 spiro atoms. The van der Waals surface area contributed by atoms with Gasteiger partial charge in [-0.3, -0.25) is 0 Å². The maximum atomic E-state index is 6.69. The van der Waals surface area contributed by atoms with Gasteiger partial charge in [0.2, 0.25) is 0 Å². The van der Waals surface area contributed by atoms with Crippen LogP contribution >= 0.6 is 0 Å². The lowest BCUT2D eigenvalue weighted by Gasteiger charge is -2.29. The van der Waals surface area contributed by atoms with E-state index in [2.05, 4.69) is 209 Å². The van der Waals surface area contributed by atoms with E-state index in [0.29, 0.717) is 0 Å². The number of hydrogen-bond acceptors (Lipinski definition) is 4. The van der Waals surface area contributed by atoms with Crippen LogP contribution < -0.4 is 9.80 Å². The largest absolute Gasteiger partial charge is 0.456 e. The Hall–Kier alpha value is -7.30. The zero-order chi connectivity index (χ0) is 40.8. The molecular formula is C56H44N2O2. The van der Waals surface area contributed by atoms with Gasteiger partial charge in [-0.1, -0.05) is 83.9 Å². The van der Waals surface area contributed by atoms with Gasteiger partial charge in [-0.25, -0.2) is 0 Å². The summed E-state index contributed by atoms with van der Waals surface area (Å²) < 4.78 is 13.4. The highest BCUT2D eigenvalue weighted by atomic mass is 16.3. The van der Waals surface area contributed by atoms with Crippen molar-refractivity contribution < 1.29 is 8.83 Å². The first kappa shape index (κ1) is 35.8. The normalized spacial score (nSPS) is 11.8. The highest BCUT2D eigenvalue weighted by Gasteiger charge is 2.22. The van der Waals surface area contributed by atoms with Gasteiger partial charge in [-0.05, 0) is 170 Å². The lowest BCUT2D eigenvalue weighted by Crippen LogP contribution is -2.12. The molecule has 0 saturated heterocycles. The lowest BCUT2D eigenvalue weighted by molar-refractivity contribution is 0.663. The van der Waals surface area contributed by atoms with Crippen molar-refractivity contribution in [2.75, 3.05) is 9.80 Å². The molecule has 0 bridgehead atoms. The molecule has 0 radical (unpaired) electrons. The minimum absolute atomic E-state index is 0.852. The molecule has 2 heterocycles. The van der Waals surface area contributed by atoms with Crippen LogP contribution in [-0.4, -0.2) is 0 Å². The summed E-state index contributed by atoms with van der Waals surface area (Å²) in [4.78, 5) is 4.76. The zero-order valence-electron chi connectivity index (χ0n) is 34.7. The molecule has 11 rings (SSSR count). The third-order valence-electron chi connectivity index (χ3n) is 12.4. The monoisotopic (exact) mass is 776 g/mol. The fraction of sp³-hybridized carbons (Fsp3) is 0.107. The summed E-state index contributed by atoms with van der Waals surface area (Å²) in [6.07, 6.45) is 0.